The van der Waals surface area contributed by atoms with E-state index in [0.29, 0.717) is 21.2 Å². The molecule has 1 saturated carbocycles. The summed E-state index contributed by atoms with van der Waals surface area (Å²) in [5.41, 5.74) is 0.961. The van der Waals surface area contributed by atoms with Gasteiger partial charge in [-0.2, -0.15) is 0 Å². The minimum absolute atomic E-state index is 0.0682. The predicted molar refractivity (Wildman–Crippen MR) is 149 cm³/mol. The lowest BCUT2D eigenvalue weighted by Gasteiger charge is -2.27. The van der Waals surface area contributed by atoms with Gasteiger partial charge in [-0.1, -0.05) is 11.3 Å². The number of alkyl carbamates (subject to hydrolysis) is 1. The van der Waals surface area contributed by atoms with Gasteiger partial charge in [0.1, 0.15) is 10.0 Å². The normalized spacial score (nSPS) is 19.6. The third kappa shape index (κ3) is 7.43. The van der Waals surface area contributed by atoms with Crippen LogP contribution in [0.15, 0.2) is 23.1 Å². The van der Waals surface area contributed by atoms with Crippen LogP contribution in [-0.4, -0.2) is 49.6 Å². The van der Waals surface area contributed by atoms with E-state index in [1.54, 1.807) is 52.8 Å². The molecular formula is C26H39N5O5S2. The molecule has 3 rings (SSSR count). The molecule has 38 heavy (non-hydrogen) atoms. The predicted octanol–water partition coefficient (Wildman–Crippen LogP) is 6.53. The number of hydrogen-bond donors (Lipinski definition) is 3. The van der Waals surface area contributed by atoms with Gasteiger partial charge >= 0.3 is 12.2 Å². The number of nitrogens with zero attached hydrogens (tertiary/aromatic N) is 2. The molecule has 1 aliphatic carbocycles. The summed E-state index contributed by atoms with van der Waals surface area (Å²) in [7, 11) is -3.29. The van der Waals surface area contributed by atoms with Crippen LogP contribution in [0, 0.1) is 4.78 Å². The monoisotopic (exact) mass is 565 g/mol. The Morgan fingerprint density at radius 1 is 1.03 bits per heavy atom. The minimum atomic E-state index is -3.29. The molecule has 2 aromatic rings. The van der Waals surface area contributed by atoms with E-state index in [9.17, 15) is 13.8 Å². The molecule has 0 bridgehead atoms. The van der Waals surface area contributed by atoms with Crippen LogP contribution in [0.25, 0.3) is 10.6 Å². The lowest BCUT2D eigenvalue weighted by molar-refractivity contribution is 0.109. The number of nitrogens with one attached hydrogen (secondary N) is 3. The topological polar surface area (TPSA) is 143 Å². The number of aromatic nitrogens is 2. The summed E-state index contributed by atoms with van der Waals surface area (Å²) < 4.78 is 32.1. The lowest BCUT2D eigenvalue weighted by Crippen LogP contribution is -2.38. The molecule has 3 N–H and O–H groups in total. The van der Waals surface area contributed by atoms with Crippen LogP contribution in [0.2, 0.25) is 0 Å². The standard InChI is InChI=1S/C26H39N5O5S2/c1-15(2)35-24(32)28-18-10-8-17(9-11-18)22-30-31-23(37-22)20-13-12-19(29-25(33)36-16(3)4)14-21(20)38(27,34)26(5,6)7/h12-18,27H,8-11H2,1-7H3,(H,28,32)(H,29,33)/t17-,18-,38?. The van der Waals surface area contributed by atoms with Crippen LogP contribution in [0.4, 0.5) is 15.3 Å². The van der Waals surface area contributed by atoms with Gasteiger partial charge in [-0.15, -0.1) is 10.2 Å². The highest BCUT2D eigenvalue weighted by Crippen LogP contribution is 2.40. The summed E-state index contributed by atoms with van der Waals surface area (Å²) in [6.07, 6.45) is 1.88. The number of carbonyl (C=O) groups excluding carboxylic acids is 2. The lowest BCUT2D eigenvalue weighted by atomic mass is 9.86. The summed E-state index contributed by atoms with van der Waals surface area (Å²) >= 11 is 1.43. The molecule has 1 aromatic heterocycles. The van der Waals surface area contributed by atoms with Gasteiger partial charge < -0.3 is 14.8 Å². The number of hydrogen-bond acceptors (Lipinski definition) is 9. The molecule has 1 heterocycles. The van der Waals surface area contributed by atoms with Gasteiger partial charge in [0, 0.05) is 28.0 Å². The maximum atomic E-state index is 13.8. The second-order valence-corrected chi connectivity index (χ2v) is 14.8. The summed E-state index contributed by atoms with van der Waals surface area (Å²) in [5, 5.41) is 15.9. The van der Waals surface area contributed by atoms with Crippen molar-refractivity contribution in [1.82, 2.24) is 15.5 Å². The fourth-order valence-electron chi connectivity index (χ4n) is 4.11. The highest BCUT2D eigenvalue weighted by Gasteiger charge is 2.32. The van der Waals surface area contributed by atoms with Crippen LogP contribution >= 0.6 is 11.3 Å². The number of rotatable bonds is 7. The Hall–Kier alpha value is -2.73. The number of ether oxygens (including phenoxy) is 2. The summed E-state index contributed by atoms with van der Waals surface area (Å²) in [6.45, 7) is 12.4. The fourth-order valence-corrected chi connectivity index (χ4v) is 6.66. The molecule has 0 radical (unpaired) electrons. The van der Waals surface area contributed by atoms with Crippen molar-refractivity contribution in [3.8, 4) is 10.6 Å². The van der Waals surface area contributed by atoms with E-state index in [0.717, 1.165) is 30.7 Å². The smallest absolute Gasteiger partial charge is 0.411 e. The zero-order valence-corrected chi connectivity index (χ0v) is 24.8. The highest BCUT2D eigenvalue weighted by molar-refractivity contribution is 7.94. The van der Waals surface area contributed by atoms with Gasteiger partial charge in [-0.25, -0.2) is 18.6 Å². The summed E-state index contributed by atoms with van der Waals surface area (Å²) in [5.74, 6) is 0.207. The zero-order chi connectivity index (χ0) is 28.3. The molecule has 1 atom stereocenters. The SMILES string of the molecule is CC(C)OC(=O)Nc1ccc(-c2nnc([C@H]3CC[C@H](NC(=O)OC(C)C)CC3)s2)c(S(=N)(=O)C(C)(C)C)c1. The first-order valence-electron chi connectivity index (χ1n) is 12.9. The van der Waals surface area contributed by atoms with Crippen molar-refractivity contribution in [3.05, 3.63) is 23.2 Å². The van der Waals surface area contributed by atoms with Crippen molar-refractivity contribution in [3.63, 3.8) is 0 Å². The number of benzene rings is 1. The third-order valence-electron chi connectivity index (χ3n) is 6.15. The first-order chi connectivity index (χ1) is 17.7. The Balaban J connectivity index is 1.82. The van der Waals surface area contributed by atoms with E-state index in [1.165, 1.54) is 11.3 Å². The summed E-state index contributed by atoms with van der Waals surface area (Å²) in [6, 6.07) is 5.06. The molecule has 1 aromatic carbocycles. The summed E-state index contributed by atoms with van der Waals surface area (Å²) in [4.78, 5) is 24.4. The maximum Gasteiger partial charge on any atom is 0.411 e. The Bertz CT molecular complexity index is 1240. The average Bonchev–Trinajstić information content (AvgIpc) is 3.27. The second kappa shape index (κ2) is 12.0. The van der Waals surface area contributed by atoms with Crippen molar-refractivity contribution in [2.45, 2.75) is 108 Å². The van der Waals surface area contributed by atoms with Gasteiger partial charge in [0.2, 0.25) is 0 Å². The van der Waals surface area contributed by atoms with Crippen molar-refractivity contribution in [1.29, 1.82) is 4.78 Å². The van der Waals surface area contributed by atoms with E-state index in [2.05, 4.69) is 20.8 Å². The van der Waals surface area contributed by atoms with Crippen molar-refractivity contribution >= 4 is 38.9 Å². The highest BCUT2D eigenvalue weighted by atomic mass is 32.2. The van der Waals surface area contributed by atoms with Crippen LogP contribution in [-0.2, 0) is 19.2 Å². The van der Waals surface area contributed by atoms with Gasteiger partial charge in [-0.3, -0.25) is 5.32 Å². The molecule has 0 spiro atoms. The van der Waals surface area contributed by atoms with Gasteiger partial charge in [0.05, 0.1) is 26.8 Å². The first-order valence-corrected chi connectivity index (χ1v) is 15.3. The van der Waals surface area contributed by atoms with Gasteiger partial charge in [0.25, 0.3) is 0 Å². The van der Waals surface area contributed by atoms with E-state index < -0.39 is 20.6 Å². The molecular weight excluding hydrogens is 526 g/mol. The molecule has 2 amide bonds. The quantitative estimate of drug-likeness (QED) is 0.346. The van der Waals surface area contributed by atoms with Crippen LogP contribution in [0.5, 0.6) is 0 Å². The van der Waals surface area contributed by atoms with Crippen LogP contribution < -0.4 is 10.6 Å². The molecule has 0 saturated heterocycles. The Morgan fingerprint density at radius 3 is 2.21 bits per heavy atom. The molecule has 1 fully saturated rings. The van der Waals surface area contributed by atoms with E-state index in [-0.39, 0.29) is 30.3 Å². The molecule has 0 aliphatic heterocycles. The molecule has 210 valence electrons. The maximum absolute atomic E-state index is 13.8. The molecule has 12 heteroatoms. The third-order valence-corrected chi connectivity index (χ3v) is 9.96. The largest absolute Gasteiger partial charge is 0.447 e. The van der Waals surface area contributed by atoms with Crippen LogP contribution in [0.1, 0.15) is 85.1 Å². The van der Waals surface area contributed by atoms with Gasteiger partial charge in [-0.05, 0) is 92.3 Å². The Kier molecular flexibility index (Phi) is 9.40. The Morgan fingerprint density at radius 2 is 1.63 bits per heavy atom. The number of carbonyl (C=O) groups is 2. The van der Waals surface area contributed by atoms with Crippen LogP contribution in [0.3, 0.4) is 0 Å². The number of amides is 2. The minimum Gasteiger partial charge on any atom is -0.447 e. The fraction of sp³-hybridized carbons (Fsp3) is 0.615. The van der Waals surface area contributed by atoms with Gasteiger partial charge in [0.15, 0.2) is 0 Å². The van der Waals surface area contributed by atoms with E-state index in [4.69, 9.17) is 14.3 Å². The second-order valence-electron chi connectivity index (χ2n) is 11.1. The van der Waals surface area contributed by atoms with E-state index in [1.807, 2.05) is 13.8 Å². The van der Waals surface area contributed by atoms with E-state index >= 15 is 0 Å². The van der Waals surface area contributed by atoms with Crippen molar-refractivity contribution in [2.75, 3.05) is 5.32 Å². The average molecular weight is 566 g/mol. The van der Waals surface area contributed by atoms with Crippen molar-refractivity contribution < 1.29 is 23.3 Å². The molecule has 1 unspecified atom stereocenters. The first kappa shape index (κ1) is 29.8. The number of anilines is 1. The molecule has 10 nitrogen and oxygen atoms in total. The van der Waals surface area contributed by atoms with Crippen molar-refractivity contribution in [2.24, 2.45) is 0 Å². The zero-order valence-electron chi connectivity index (χ0n) is 23.1. The molecule has 1 aliphatic rings. The Labute approximate surface area is 229 Å².